The van der Waals surface area contributed by atoms with Crippen LogP contribution in [0.25, 0.3) is 0 Å². The van der Waals surface area contributed by atoms with Crippen molar-refractivity contribution in [1.29, 1.82) is 0 Å². The number of imidazole rings is 1. The van der Waals surface area contributed by atoms with E-state index in [1.807, 2.05) is 26.5 Å². The predicted octanol–water partition coefficient (Wildman–Crippen LogP) is 2.65. The summed E-state index contributed by atoms with van der Waals surface area (Å²) in [5.41, 5.74) is 1.30. The molecule has 0 amide bonds. The van der Waals surface area contributed by atoms with Crippen molar-refractivity contribution in [3.63, 3.8) is 0 Å². The molecule has 18 heavy (non-hydrogen) atoms. The molecule has 1 heterocycles. The summed E-state index contributed by atoms with van der Waals surface area (Å²) >= 11 is 1.77. The Bertz CT molecular complexity index is 490. The molecule has 0 radical (unpaired) electrons. The van der Waals surface area contributed by atoms with Crippen LogP contribution in [0.2, 0.25) is 0 Å². The van der Waals surface area contributed by atoms with E-state index in [1.165, 1.54) is 10.5 Å². The molecule has 0 aliphatic rings. The molecule has 0 fully saturated rings. The zero-order chi connectivity index (χ0) is 13.0. The van der Waals surface area contributed by atoms with Gasteiger partial charge in [-0.1, -0.05) is 12.1 Å². The van der Waals surface area contributed by atoms with E-state index in [2.05, 4.69) is 45.4 Å². The highest BCUT2D eigenvalue weighted by atomic mass is 32.2. The topological polar surface area (TPSA) is 29.9 Å². The van der Waals surface area contributed by atoms with Crippen LogP contribution < -0.4 is 5.32 Å². The van der Waals surface area contributed by atoms with Gasteiger partial charge in [0.25, 0.3) is 0 Å². The van der Waals surface area contributed by atoms with Crippen molar-refractivity contribution in [2.45, 2.75) is 17.4 Å². The van der Waals surface area contributed by atoms with Gasteiger partial charge in [-0.15, -0.1) is 11.8 Å². The first kappa shape index (κ1) is 13.2. The summed E-state index contributed by atoms with van der Waals surface area (Å²) in [4.78, 5) is 5.68. The fourth-order valence-corrected chi connectivity index (χ4v) is 2.41. The lowest BCUT2D eigenvalue weighted by Gasteiger charge is -2.16. The maximum absolute atomic E-state index is 4.38. The van der Waals surface area contributed by atoms with Crippen molar-refractivity contribution in [3.8, 4) is 0 Å². The number of nitrogens with one attached hydrogen (secondary N) is 1. The fourth-order valence-electron chi connectivity index (χ4n) is 2.00. The molecular formula is C14H19N3S. The van der Waals surface area contributed by atoms with Gasteiger partial charge in [0.1, 0.15) is 5.82 Å². The zero-order valence-corrected chi connectivity index (χ0v) is 11.9. The van der Waals surface area contributed by atoms with E-state index < -0.39 is 0 Å². The number of aryl methyl sites for hydroxylation is 1. The average molecular weight is 261 g/mol. The van der Waals surface area contributed by atoms with Crippen molar-refractivity contribution in [1.82, 2.24) is 14.9 Å². The molecule has 0 aliphatic carbocycles. The summed E-state index contributed by atoms with van der Waals surface area (Å²) in [5, 5.41) is 3.36. The van der Waals surface area contributed by atoms with Gasteiger partial charge in [-0.3, -0.25) is 0 Å². The molecular weight excluding hydrogens is 242 g/mol. The third-order valence-electron chi connectivity index (χ3n) is 3.17. The molecule has 1 aromatic heterocycles. The minimum atomic E-state index is 0.307. The molecule has 3 nitrogen and oxygen atoms in total. The molecule has 0 aliphatic heterocycles. The number of hydrogen-bond acceptors (Lipinski definition) is 3. The van der Waals surface area contributed by atoms with Crippen molar-refractivity contribution >= 4 is 11.8 Å². The van der Waals surface area contributed by atoms with Gasteiger partial charge in [0, 0.05) is 36.8 Å². The van der Waals surface area contributed by atoms with E-state index >= 15 is 0 Å². The number of thioether (sulfide) groups is 1. The number of hydrogen-bond donors (Lipinski definition) is 1. The highest BCUT2D eigenvalue weighted by Crippen LogP contribution is 2.21. The van der Waals surface area contributed by atoms with Crippen LogP contribution in [0.15, 0.2) is 41.6 Å². The second-order valence-corrected chi connectivity index (χ2v) is 5.15. The van der Waals surface area contributed by atoms with Gasteiger partial charge in [-0.25, -0.2) is 4.98 Å². The molecule has 0 saturated heterocycles. The Morgan fingerprint density at radius 1 is 1.33 bits per heavy atom. The first-order chi connectivity index (χ1) is 8.74. The van der Waals surface area contributed by atoms with Crippen LogP contribution in [-0.4, -0.2) is 22.9 Å². The summed E-state index contributed by atoms with van der Waals surface area (Å²) in [6.45, 7) is 0. The van der Waals surface area contributed by atoms with Crippen LogP contribution >= 0.6 is 11.8 Å². The standard InChI is InChI=1S/C14H19N3S/c1-15-13(10-14-16-8-9-17(14)2)11-4-6-12(18-3)7-5-11/h4-9,13,15H,10H2,1-3H3. The summed E-state index contributed by atoms with van der Waals surface area (Å²) in [5.74, 6) is 1.10. The third kappa shape index (κ3) is 2.94. The van der Waals surface area contributed by atoms with E-state index in [0.29, 0.717) is 6.04 Å². The summed E-state index contributed by atoms with van der Waals surface area (Å²) < 4.78 is 2.07. The Balaban J connectivity index is 2.15. The van der Waals surface area contributed by atoms with Gasteiger partial charge in [-0.05, 0) is 31.0 Å². The van der Waals surface area contributed by atoms with Gasteiger partial charge in [0.05, 0.1) is 0 Å². The van der Waals surface area contributed by atoms with Crippen LogP contribution in [0, 0.1) is 0 Å². The predicted molar refractivity (Wildman–Crippen MR) is 76.9 cm³/mol. The monoisotopic (exact) mass is 261 g/mol. The molecule has 4 heteroatoms. The second-order valence-electron chi connectivity index (χ2n) is 4.27. The Hall–Kier alpha value is -1.26. The quantitative estimate of drug-likeness (QED) is 0.839. The van der Waals surface area contributed by atoms with Crippen molar-refractivity contribution in [2.75, 3.05) is 13.3 Å². The smallest absolute Gasteiger partial charge is 0.110 e. The SMILES string of the molecule is CNC(Cc1nccn1C)c1ccc(SC)cc1. The van der Waals surface area contributed by atoms with Crippen LogP contribution in [-0.2, 0) is 13.5 Å². The minimum absolute atomic E-state index is 0.307. The lowest BCUT2D eigenvalue weighted by Crippen LogP contribution is -2.20. The molecule has 0 bridgehead atoms. The molecule has 2 aromatic rings. The fraction of sp³-hybridized carbons (Fsp3) is 0.357. The maximum atomic E-state index is 4.38. The van der Waals surface area contributed by atoms with Gasteiger partial charge in [0.2, 0.25) is 0 Å². The molecule has 96 valence electrons. The zero-order valence-electron chi connectivity index (χ0n) is 11.1. The Kier molecular flexibility index (Phi) is 4.44. The number of benzene rings is 1. The van der Waals surface area contributed by atoms with E-state index in [4.69, 9.17) is 0 Å². The first-order valence-electron chi connectivity index (χ1n) is 6.02. The molecule has 1 atom stereocenters. The lowest BCUT2D eigenvalue weighted by molar-refractivity contribution is 0.563. The molecule has 0 spiro atoms. The number of likely N-dealkylation sites (N-methyl/N-ethyl adjacent to an activating group) is 1. The summed E-state index contributed by atoms with van der Waals surface area (Å²) in [6, 6.07) is 9.03. The largest absolute Gasteiger partial charge is 0.338 e. The van der Waals surface area contributed by atoms with Crippen molar-refractivity contribution < 1.29 is 0 Å². The Morgan fingerprint density at radius 3 is 2.56 bits per heavy atom. The van der Waals surface area contributed by atoms with Crippen molar-refractivity contribution in [3.05, 3.63) is 48.0 Å². The first-order valence-corrected chi connectivity index (χ1v) is 7.24. The number of aromatic nitrogens is 2. The van der Waals surface area contributed by atoms with E-state index in [0.717, 1.165) is 12.2 Å². The summed E-state index contributed by atoms with van der Waals surface area (Å²) in [6.07, 6.45) is 6.83. The van der Waals surface area contributed by atoms with Crippen molar-refractivity contribution in [2.24, 2.45) is 7.05 Å². The maximum Gasteiger partial charge on any atom is 0.110 e. The van der Waals surface area contributed by atoms with E-state index in [1.54, 1.807) is 11.8 Å². The number of rotatable bonds is 5. The molecule has 1 aromatic carbocycles. The van der Waals surface area contributed by atoms with E-state index in [-0.39, 0.29) is 0 Å². The minimum Gasteiger partial charge on any atom is -0.338 e. The summed E-state index contributed by atoms with van der Waals surface area (Å²) in [7, 11) is 4.03. The lowest BCUT2D eigenvalue weighted by atomic mass is 10.0. The van der Waals surface area contributed by atoms with Crippen LogP contribution in [0.3, 0.4) is 0 Å². The normalized spacial score (nSPS) is 12.6. The van der Waals surface area contributed by atoms with Crippen LogP contribution in [0.4, 0.5) is 0 Å². The molecule has 1 unspecified atom stereocenters. The van der Waals surface area contributed by atoms with Gasteiger partial charge < -0.3 is 9.88 Å². The third-order valence-corrected chi connectivity index (χ3v) is 3.92. The molecule has 2 rings (SSSR count). The Morgan fingerprint density at radius 2 is 2.06 bits per heavy atom. The van der Waals surface area contributed by atoms with E-state index in [9.17, 15) is 0 Å². The van der Waals surface area contributed by atoms with Gasteiger partial charge in [0.15, 0.2) is 0 Å². The number of nitrogens with zero attached hydrogens (tertiary/aromatic N) is 2. The second kappa shape index (κ2) is 6.07. The van der Waals surface area contributed by atoms with Crippen LogP contribution in [0.5, 0.6) is 0 Å². The van der Waals surface area contributed by atoms with Crippen LogP contribution in [0.1, 0.15) is 17.4 Å². The highest BCUT2D eigenvalue weighted by Gasteiger charge is 2.12. The molecule has 1 N–H and O–H groups in total. The average Bonchev–Trinajstić information content (AvgIpc) is 2.81. The molecule has 0 saturated carbocycles. The highest BCUT2D eigenvalue weighted by molar-refractivity contribution is 7.98. The Labute approximate surface area is 113 Å². The van der Waals surface area contributed by atoms with Gasteiger partial charge in [-0.2, -0.15) is 0 Å². The van der Waals surface area contributed by atoms with Gasteiger partial charge >= 0.3 is 0 Å².